The Morgan fingerprint density at radius 3 is 2.05 bits per heavy atom. The highest BCUT2D eigenvalue weighted by Crippen LogP contribution is 2.36. The Bertz CT molecular complexity index is 429. The first-order valence-corrected chi connectivity index (χ1v) is 7.00. The molecule has 1 aromatic rings. The fraction of sp³-hybridized carbons (Fsp3) is 0.625. The molecule has 0 aromatic heterocycles. The predicted octanol–water partition coefficient (Wildman–Crippen LogP) is 3.36. The van der Waals surface area contributed by atoms with Crippen LogP contribution in [0.25, 0.3) is 0 Å². The molecule has 0 unspecified atom stereocenters. The monoisotopic (exact) mass is 296 g/mol. The Hall–Kier alpha value is -1.07. The third kappa shape index (κ3) is 3.98. The zero-order valence-corrected chi connectivity index (χ0v) is 12.6. The lowest BCUT2D eigenvalue weighted by Crippen LogP contribution is -2.41. The molecule has 21 heavy (non-hydrogen) atoms. The summed E-state index contributed by atoms with van der Waals surface area (Å²) in [6.07, 6.45) is 0.416. The second-order valence-corrected chi connectivity index (χ2v) is 6.05. The number of halogens is 1. The maximum Gasteiger partial charge on any atom is 0.494 e. The summed E-state index contributed by atoms with van der Waals surface area (Å²) in [6, 6.07) is 7.57. The Labute approximate surface area is 127 Å². The van der Waals surface area contributed by atoms with E-state index in [0.717, 1.165) is 11.2 Å². The summed E-state index contributed by atoms with van der Waals surface area (Å²) in [6.45, 7) is 8.16. The molecule has 1 fully saturated rings. The molecule has 1 aliphatic heterocycles. The fourth-order valence-electron chi connectivity index (χ4n) is 1.94. The minimum atomic E-state index is -0.361. The lowest BCUT2D eigenvalue weighted by atomic mass is 9.79. The Morgan fingerprint density at radius 2 is 1.57 bits per heavy atom. The molecule has 0 bridgehead atoms. The molecule has 0 spiro atoms. The quantitative estimate of drug-likeness (QED) is 0.616. The van der Waals surface area contributed by atoms with Crippen LogP contribution in [0.1, 0.15) is 41.5 Å². The summed E-state index contributed by atoms with van der Waals surface area (Å²) >= 11 is 0. The van der Waals surface area contributed by atoms with Gasteiger partial charge in [0, 0.05) is 6.42 Å². The normalized spacial score (nSPS) is 19.2. The number of alkyl halides is 1. The molecule has 0 aliphatic carbocycles. The number of rotatable bonds is 5. The Morgan fingerprint density at radius 1 is 1.05 bits per heavy atom. The van der Waals surface area contributed by atoms with Crippen molar-refractivity contribution < 1.29 is 18.4 Å². The first-order chi connectivity index (χ1) is 9.36. The summed E-state index contributed by atoms with van der Waals surface area (Å²) < 4.78 is 29.4. The van der Waals surface area contributed by atoms with Gasteiger partial charge in [-0.05, 0) is 45.3 Å². The van der Waals surface area contributed by atoms with Gasteiger partial charge < -0.3 is 14.0 Å². The molecule has 2 rings (SSSR count). The van der Waals surface area contributed by atoms with E-state index in [4.69, 9.17) is 14.0 Å². The molecule has 0 saturated carbocycles. The second-order valence-electron chi connectivity index (χ2n) is 6.05. The maximum atomic E-state index is 12.0. The van der Waals surface area contributed by atoms with E-state index in [0.29, 0.717) is 13.0 Å². The number of ether oxygens (including phenoxy) is 1. The zero-order chi connectivity index (χ0) is 14.8. The highest BCUT2D eigenvalue weighted by molar-refractivity contribution is 6.62. The Balaban J connectivity index is 0.00000220. The molecule has 0 N–H and O–H groups in total. The van der Waals surface area contributed by atoms with Gasteiger partial charge in [0.15, 0.2) is 0 Å². The van der Waals surface area contributed by atoms with Crippen LogP contribution in [-0.4, -0.2) is 31.6 Å². The van der Waals surface area contributed by atoms with Crippen molar-refractivity contribution in [3.05, 3.63) is 24.3 Å². The third-order valence-electron chi connectivity index (χ3n) is 3.95. The van der Waals surface area contributed by atoms with Gasteiger partial charge in [0.1, 0.15) is 5.75 Å². The van der Waals surface area contributed by atoms with Gasteiger partial charge in [0.05, 0.1) is 24.5 Å². The molecule has 0 atom stereocenters. The van der Waals surface area contributed by atoms with E-state index < -0.39 is 0 Å². The molecule has 1 aliphatic rings. The van der Waals surface area contributed by atoms with Gasteiger partial charge in [-0.2, -0.15) is 0 Å². The SMILES string of the molecule is C.CC1(C)OB(c2ccc(OCCCF)cc2)OC1(C)C. The Kier molecular flexibility index (Phi) is 5.82. The van der Waals surface area contributed by atoms with E-state index in [-0.39, 0.29) is 32.4 Å². The summed E-state index contributed by atoms with van der Waals surface area (Å²) in [5, 5.41) is 0. The van der Waals surface area contributed by atoms with Crippen LogP contribution in [0.2, 0.25) is 0 Å². The van der Waals surface area contributed by atoms with E-state index in [1.54, 1.807) is 0 Å². The van der Waals surface area contributed by atoms with E-state index in [1.807, 2.05) is 52.0 Å². The van der Waals surface area contributed by atoms with E-state index in [2.05, 4.69) is 0 Å². The summed E-state index contributed by atoms with van der Waals surface area (Å²) in [4.78, 5) is 0. The van der Waals surface area contributed by atoms with Crippen LogP contribution in [0, 0.1) is 0 Å². The standard InChI is InChI=1S/C15H22BFO3.CH4/c1-14(2)15(3,4)20-16(19-14)12-6-8-13(9-7-12)18-11-5-10-17;/h6-9H,5,10-11H2,1-4H3;1H4. The fourth-order valence-corrected chi connectivity index (χ4v) is 1.94. The summed E-state index contributed by atoms with van der Waals surface area (Å²) in [5.41, 5.74) is 0.281. The largest absolute Gasteiger partial charge is 0.494 e. The van der Waals surface area contributed by atoms with Crippen molar-refractivity contribution in [3.63, 3.8) is 0 Å². The highest BCUT2D eigenvalue weighted by atomic mass is 19.1. The smallest absolute Gasteiger partial charge is 0.494 e. The van der Waals surface area contributed by atoms with Gasteiger partial charge in [-0.15, -0.1) is 0 Å². The van der Waals surface area contributed by atoms with Gasteiger partial charge in [-0.25, -0.2) is 0 Å². The van der Waals surface area contributed by atoms with Gasteiger partial charge in [0.25, 0.3) is 0 Å². The van der Waals surface area contributed by atoms with Crippen LogP contribution < -0.4 is 10.2 Å². The van der Waals surface area contributed by atoms with E-state index in [9.17, 15) is 4.39 Å². The van der Waals surface area contributed by atoms with E-state index >= 15 is 0 Å². The minimum absolute atomic E-state index is 0. The third-order valence-corrected chi connectivity index (χ3v) is 3.95. The first kappa shape index (κ1) is 18.0. The number of hydrogen-bond donors (Lipinski definition) is 0. The van der Waals surface area contributed by atoms with Crippen molar-refractivity contribution >= 4 is 12.6 Å². The van der Waals surface area contributed by atoms with Crippen LogP contribution in [0.5, 0.6) is 5.75 Å². The lowest BCUT2D eigenvalue weighted by Gasteiger charge is -2.32. The molecule has 1 saturated heterocycles. The van der Waals surface area contributed by atoms with Crippen molar-refractivity contribution in [2.45, 2.75) is 52.7 Å². The van der Waals surface area contributed by atoms with Gasteiger partial charge >= 0.3 is 7.12 Å². The lowest BCUT2D eigenvalue weighted by molar-refractivity contribution is 0.00578. The van der Waals surface area contributed by atoms with Crippen LogP contribution in [-0.2, 0) is 9.31 Å². The molecule has 0 radical (unpaired) electrons. The molecule has 1 aromatic carbocycles. The maximum absolute atomic E-state index is 12.0. The molecule has 0 amide bonds. The second kappa shape index (κ2) is 6.80. The highest BCUT2D eigenvalue weighted by Gasteiger charge is 2.51. The number of hydrogen-bond acceptors (Lipinski definition) is 3. The topological polar surface area (TPSA) is 27.7 Å². The van der Waals surface area contributed by atoms with Gasteiger partial charge in [-0.3, -0.25) is 4.39 Å². The minimum Gasteiger partial charge on any atom is -0.494 e. The predicted molar refractivity (Wildman–Crippen MR) is 85.0 cm³/mol. The summed E-state index contributed by atoms with van der Waals surface area (Å²) in [5.74, 6) is 0.735. The molecular weight excluding hydrogens is 270 g/mol. The zero-order valence-electron chi connectivity index (χ0n) is 12.6. The first-order valence-electron chi connectivity index (χ1n) is 7.00. The van der Waals surface area contributed by atoms with Gasteiger partial charge in [0.2, 0.25) is 0 Å². The van der Waals surface area contributed by atoms with E-state index in [1.165, 1.54) is 0 Å². The van der Waals surface area contributed by atoms with Crippen LogP contribution >= 0.6 is 0 Å². The number of benzene rings is 1. The van der Waals surface area contributed by atoms with Gasteiger partial charge in [-0.1, -0.05) is 19.6 Å². The van der Waals surface area contributed by atoms with Crippen molar-refractivity contribution in [3.8, 4) is 5.75 Å². The molecule has 118 valence electrons. The molecular formula is C16H26BFO3. The van der Waals surface area contributed by atoms with Crippen molar-refractivity contribution in [1.29, 1.82) is 0 Å². The van der Waals surface area contributed by atoms with Crippen molar-refractivity contribution in [2.75, 3.05) is 13.3 Å². The molecule has 5 heteroatoms. The van der Waals surface area contributed by atoms with Crippen LogP contribution in [0.3, 0.4) is 0 Å². The molecule has 3 nitrogen and oxygen atoms in total. The molecule has 1 heterocycles. The van der Waals surface area contributed by atoms with Crippen molar-refractivity contribution in [1.82, 2.24) is 0 Å². The average Bonchev–Trinajstić information content (AvgIpc) is 2.60. The van der Waals surface area contributed by atoms with Crippen LogP contribution in [0.15, 0.2) is 24.3 Å². The van der Waals surface area contributed by atoms with Crippen LogP contribution in [0.4, 0.5) is 4.39 Å². The average molecular weight is 296 g/mol. The van der Waals surface area contributed by atoms with Crippen molar-refractivity contribution in [2.24, 2.45) is 0 Å². The summed E-state index contributed by atoms with van der Waals surface area (Å²) in [7, 11) is -0.361.